The van der Waals surface area contributed by atoms with Crippen LogP contribution in [0.15, 0.2) is 4.99 Å². The van der Waals surface area contributed by atoms with Gasteiger partial charge in [0.2, 0.25) is 0 Å². The van der Waals surface area contributed by atoms with Crippen molar-refractivity contribution in [3.8, 4) is 6.07 Å². The summed E-state index contributed by atoms with van der Waals surface area (Å²) in [5, 5.41) is 8.32. The summed E-state index contributed by atoms with van der Waals surface area (Å²) in [5.74, 6) is 0.520. The van der Waals surface area contributed by atoms with Crippen molar-refractivity contribution in [1.82, 2.24) is 4.90 Å². The molecule has 0 radical (unpaired) electrons. The molecule has 0 amide bonds. The van der Waals surface area contributed by atoms with Gasteiger partial charge in [0.25, 0.3) is 0 Å². The molecule has 4 heteroatoms. The van der Waals surface area contributed by atoms with E-state index in [4.69, 9.17) is 11.0 Å². The van der Waals surface area contributed by atoms with Gasteiger partial charge in [-0.1, -0.05) is 6.92 Å². The Morgan fingerprint density at radius 2 is 2.33 bits per heavy atom. The first-order chi connectivity index (χ1) is 5.72. The van der Waals surface area contributed by atoms with Crippen molar-refractivity contribution < 1.29 is 0 Å². The van der Waals surface area contributed by atoms with E-state index in [0.29, 0.717) is 18.9 Å². The van der Waals surface area contributed by atoms with Crippen LogP contribution in [0.3, 0.4) is 0 Å². The Balaban J connectivity index is 3.76. The molecule has 0 atom stereocenters. The summed E-state index contributed by atoms with van der Waals surface area (Å²) >= 11 is 0. The van der Waals surface area contributed by atoms with Crippen molar-refractivity contribution in [2.45, 2.75) is 19.8 Å². The van der Waals surface area contributed by atoms with E-state index in [0.717, 1.165) is 13.0 Å². The Labute approximate surface area is 73.7 Å². The minimum Gasteiger partial charge on any atom is -0.370 e. The molecular weight excluding hydrogens is 152 g/mol. The molecule has 0 unspecified atom stereocenters. The van der Waals surface area contributed by atoms with E-state index in [1.807, 2.05) is 14.0 Å². The van der Waals surface area contributed by atoms with E-state index in [2.05, 4.69) is 11.1 Å². The van der Waals surface area contributed by atoms with Gasteiger partial charge in [-0.05, 0) is 6.42 Å². The Kier molecular flexibility index (Phi) is 5.80. The van der Waals surface area contributed by atoms with E-state index in [1.54, 1.807) is 4.90 Å². The van der Waals surface area contributed by atoms with Crippen molar-refractivity contribution in [2.75, 3.05) is 20.1 Å². The van der Waals surface area contributed by atoms with Crippen LogP contribution in [0.2, 0.25) is 0 Å². The van der Waals surface area contributed by atoms with Crippen LogP contribution in [-0.4, -0.2) is 31.0 Å². The predicted molar refractivity (Wildman–Crippen MR) is 49.6 cm³/mol. The standard InChI is InChI=1S/C8H16N4/c1-3-6-11-8(10)12(2)7-4-5-9/h3-4,6-7H2,1-2H3,(H2,10,11). The molecule has 0 bridgehead atoms. The number of hydrogen-bond acceptors (Lipinski definition) is 2. The van der Waals surface area contributed by atoms with Crippen LogP contribution in [0.5, 0.6) is 0 Å². The Bertz CT molecular complexity index is 180. The van der Waals surface area contributed by atoms with Crippen LogP contribution in [0.25, 0.3) is 0 Å². The number of guanidine groups is 1. The van der Waals surface area contributed by atoms with Crippen LogP contribution in [0.1, 0.15) is 19.8 Å². The first-order valence-corrected chi connectivity index (χ1v) is 4.10. The molecule has 4 nitrogen and oxygen atoms in total. The molecular formula is C8H16N4. The van der Waals surface area contributed by atoms with Crippen LogP contribution >= 0.6 is 0 Å². The SMILES string of the molecule is CCCN=C(N)N(C)CCC#N. The first-order valence-electron chi connectivity index (χ1n) is 4.10. The topological polar surface area (TPSA) is 65.4 Å². The third-order valence-electron chi connectivity index (χ3n) is 1.45. The van der Waals surface area contributed by atoms with Gasteiger partial charge in [-0.2, -0.15) is 5.26 Å². The van der Waals surface area contributed by atoms with Gasteiger partial charge in [0.05, 0.1) is 12.5 Å². The molecule has 0 aromatic heterocycles. The van der Waals surface area contributed by atoms with Gasteiger partial charge >= 0.3 is 0 Å². The molecule has 0 fully saturated rings. The molecule has 0 aliphatic rings. The number of nitrogens with two attached hydrogens (primary N) is 1. The van der Waals surface area contributed by atoms with Crippen molar-refractivity contribution in [3.63, 3.8) is 0 Å². The monoisotopic (exact) mass is 168 g/mol. The zero-order valence-corrected chi connectivity index (χ0v) is 7.75. The molecule has 0 saturated carbocycles. The fourth-order valence-corrected chi connectivity index (χ4v) is 0.679. The molecule has 12 heavy (non-hydrogen) atoms. The Morgan fingerprint density at radius 1 is 1.67 bits per heavy atom. The van der Waals surface area contributed by atoms with Gasteiger partial charge in [0.1, 0.15) is 0 Å². The maximum atomic E-state index is 8.32. The molecule has 68 valence electrons. The average Bonchev–Trinajstić information content (AvgIpc) is 2.10. The highest BCUT2D eigenvalue weighted by molar-refractivity contribution is 5.77. The van der Waals surface area contributed by atoms with Crippen LogP contribution in [0, 0.1) is 11.3 Å². The van der Waals surface area contributed by atoms with Crippen molar-refractivity contribution >= 4 is 5.96 Å². The fraction of sp³-hybridized carbons (Fsp3) is 0.750. The number of hydrogen-bond donors (Lipinski definition) is 1. The van der Waals surface area contributed by atoms with Crippen LogP contribution in [0.4, 0.5) is 0 Å². The third-order valence-corrected chi connectivity index (χ3v) is 1.45. The molecule has 2 N–H and O–H groups in total. The maximum absolute atomic E-state index is 8.32. The summed E-state index contributed by atoms with van der Waals surface area (Å²) < 4.78 is 0. The largest absolute Gasteiger partial charge is 0.370 e. The Morgan fingerprint density at radius 3 is 2.83 bits per heavy atom. The molecule has 0 aromatic carbocycles. The lowest BCUT2D eigenvalue weighted by Gasteiger charge is -2.15. The zero-order valence-electron chi connectivity index (χ0n) is 7.75. The third kappa shape index (κ3) is 4.56. The van der Waals surface area contributed by atoms with E-state index in [9.17, 15) is 0 Å². The molecule has 0 saturated heterocycles. The van der Waals surface area contributed by atoms with Crippen LogP contribution < -0.4 is 5.73 Å². The van der Waals surface area contributed by atoms with Gasteiger partial charge in [0, 0.05) is 20.1 Å². The lowest BCUT2D eigenvalue weighted by molar-refractivity contribution is 0.507. The second kappa shape index (κ2) is 6.47. The molecule has 0 spiro atoms. The van der Waals surface area contributed by atoms with Crippen LogP contribution in [-0.2, 0) is 0 Å². The van der Waals surface area contributed by atoms with Gasteiger partial charge in [-0.25, -0.2) is 0 Å². The van der Waals surface area contributed by atoms with Crippen molar-refractivity contribution in [3.05, 3.63) is 0 Å². The Hall–Kier alpha value is -1.24. The second-order valence-corrected chi connectivity index (χ2v) is 2.57. The number of rotatable bonds is 4. The van der Waals surface area contributed by atoms with E-state index >= 15 is 0 Å². The quantitative estimate of drug-likeness (QED) is 0.492. The normalized spacial score (nSPS) is 10.9. The van der Waals surface area contributed by atoms with E-state index in [-0.39, 0.29) is 0 Å². The first kappa shape index (κ1) is 10.8. The van der Waals surface area contributed by atoms with Gasteiger partial charge < -0.3 is 10.6 Å². The van der Waals surface area contributed by atoms with Crippen molar-refractivity contribution in [1.29, 1.82) is 5.26 Å². The minimum absolute atomic E-state index is 0.485. The van der Waals surface area contributed by atoms with Gasteiger partial charge in [0.15, 0.2) is 5.96 Å². The number of nitrogens with zero attached hydrogens (tertiary/aromatic N) is 3. The summed E-state index contributed by atoms with van der Waals surface area (Å²) in [6.07, 6.45) is 1.48. The lowest BCUT2D eigenvalue weighted by atomic mass is 10.4. The summed E-state index contributed by atoms with van der Waals surface area (Å²) in [6, 6.07) is 2.06. The molecule has 0 rings (SSSR count). The summed E-state index contributed by atoms with van der Waals surface area (Å²) in [7, 11) is 1.84. The maximum Gasteiger partial charge on any atom is 0.191 e. The van der Waals surface area contributed by atoms with E-state index in [1.165, 1.54) is 0 Å². The predicted octanol–water partition coefficient (Wildman–Crippen LogP) is 0.557. The van der Waals surface area contributed by atoms with Gasteiger partial charge in [-0.3, -0.25) is 4.99 Å². The lowest BCUT2D eigenvalue weighted by Crippen LogP contribution is -2.34. The summed E-state index contributed by atoms with van der Waals surface area (Å²) in [5.41, 5.74) is 5.61. The zero-order chi connectivity index (χ0) is 9.40. The highest BCUT2D eigenvalue weighted by Gasteiger charge is 1.98. The highest BCUT2D eigenvalue weighted by Crippen LogP contribution is 1.87. The fourth-order valence-electron chi connectivity index (χ4n) is 0.679. The second-order valence-electron chi connectivity index (χ2n) is 2.57. The minimum atomic E-state index is 0.485. The molecule has 0 aliphatic carbocycles. The molecule has 0 aliphatic heterocycles. The highest BCUT2D eigenvalue weighted by atomic mass is 15.2. The summed E-state index contributed by atoms with van der Waals surface area (Å²) in [6.45, 7) is 3.45. The smallest absolute Gasteiger partial charge is 0.191 e. The van der Waals surface area contributed by atoms with Crippen molar-refractivity contribution in [2.24, 2.45) is 10.7 Å². The number of aliphatic imine (C=N–C) groups is 1. The average molecular weight is 168 g/mol. The van der Waals surface area contributed by atoms with Gasteiger partial charge in [-0.15, -0.1) is 0 Å². The number of nitriles is 1. The van der Waals surface area contributed by atoms with E-state index < -0.39 is 0 Å². The molecule has 0 aromatic rings. The summed E-state index contributed by atoms with van der Waals surface area (Å²) in [4.78, 5) is 5.90. The molecule has 0 heterocycles.